The van der Waals surface area contributed by atoms with Crippen LogP contribution in [0.15, 0.2) is 81.6 Å². The molecule has 0 aliphatic carbocycles. The number of fused-ring (bicyclic) bond motifs is 11. The molecule has 0 saturated heterocycles. The molecule has 3 heteroatoms. The Balaban J connectivity index is 1.84. The highest BCUT2D eigenvalue weighted by molar-refractivity contribution is 6.29. The molecule has 0 bridgehead atoms. The topological polar surface area (TPSA) is 31.2 Å². The first-order valence-electron chi connectivity index (χ1n) is 10.4. The van der Waals surface area contributed by atoms with Crippen molar-refractivity contribution in [3.8, 4) is 0 Å². The molecule has 0 radical (unpaired) electrons. The van der Waals surface area contributed by atoms with Crippen LogP contribution in [0.25, 0.3) is 65.7 Å². The first-order valence-corrected chi connectivity index (χ1v) is 10.4. The Hall–Kier alpha value is -3.72. The molecule has 0 N–H and O–H groups in total. The molecule has 3 heterocycles. The average molecular weight is 389 g/mol. The van der Waals surface area contributed by atoms with Gasteiger partial charge in [-0.3, -0.25) is 0 Å². The number of nitrogens with zero attached hydrogens (tertiary/aromatic N) is 1. The maximum atomic E-state index is 6.20. The van der Waals surface area contributed by atoms with Gasteiger partial charge in [0.2, 0.25) is 0 Å². The van der Waals surface area contributed by atoms with E-state index in [9.17, 15) is 0 Å². The largest absolute Gasteiger partial charge is 0.456 e. The summed E-state index contributed by atoms with van der Waals surface area (Å²) in [5.74, 6) is 0. The van der Waals surface area contributed by atoms with Gasteiger partial charge in [-0.25, -0.2) is 0 Å². The lowest BCUT2D eigenvalue weighted by Crippen LogP contribution is -2.00. The van der Waals surface area contributed by atoms with Crippen molar-refractivity contribution in [2.24, 2.45) is 0 Å². The van der Waals surface area contributed by atoms with Crippen molar-refractivity contribution in [1.82, 2.24) is 4.57 Å². The van der Waals surface area contributed by atoms with Crippen molar-refractivity contribution < 1.29 is 8.83 Å². The number of hydrogen-bond donors (Lipinski definition) is 0. The van der Waals surface area contributed by atoms with Crippen LogP contribution in [0.4, 0.5) is 0 Å². The molecule has 3 nitrogen and oxygen atoms in total. The summed E-state index contributed by atoms with van der Waals surface area (Å²) in [6.07, 6.45) is 0. The minimum absolute atomic E-state index is 0.281. The molecule has 0 aliphatic rings. The van der Waals surface area contributed by atoms with Gasteiger partial charge in [-0.2, -0.15) is 0 Å². The Kier molecular flexibility index (Phi) is 2.93. The highest BCUT2D eigenvalue weighted by Gasteiger charge is 2.22. The number of furan rings is 2. The SMILES string of the molecule is CC(C)n1c2c(ccc3oc4ccccc4c32)c2ccc3oc4ccccc4c3c21. The number of benzene rings is 4. The van der Waals surface area contributed by atoms with Crippen molar-refractivity contribution >= 4 is 65.7 Å². The molecule has 0 aliphatic heterocycles. The molecule has 4 aromatic carbocycles. The molecule has 7 aromatic rings. The zero-order valence-electron chi connectivity index (χ0n) is 16.8. The van der Waals surface area contributed by atoms with Gasteiger partial charge in [0.05, 0.1) is 21.8 Å². The number of aromatic nitrogens is 1. The molecular formula is C27H19NO2. The van der Waals surface area contributed by atoms with Crippen LogP contribution < -0.4 is 0 Å². The molecule has 7 rings (SSSR count). The van der Waals surface area contributed by atoms with E-state index < -0.39 is 0 Å². The molecule has 0 fully saturated rings. The monoisotopic (exact) mass is 389 g/mol. The summed E-state index contributed by atoms with van der Waals surface area (Å²) in [7, 11) is 0. The summed E-state index contributed by atoms with van der Waals surface area (Å²) in [5, 5.41) is 7.21. The van der Waals surface area contributed by atoms with Crippen molar-refractivity contribution in [1.29, 1.82) is 0 Å². The Bertz CT molecular complexity index is 1650. The smallest absolute Gasteiger partial charge is 0.137 e. The van der Waals surface area contributed by atoms with Crippen molar-refractivity contribution in [3.05, 3.63) is 72.8 Å². The first kappa shape index (κ1) is 16.1. The molecule has 0 atom stereocenters. The van der Waals surface area contributed by atoms with E-state index >= 15 is 0 Å². The van der Waals surface area contributed by atoms with Gasteiger partial charge < -0.3 is 13.4 Å². The number of rotatable bonds is 1. The van der Waals surface area contributed by atoms with Crippen LogP contribution in [0.3, 0.4) is 0 Å². The third-order valence-corrected chi connectivity index (χ3v) is 6.32. The predicted molar refractivity (Wildman–Crippen MR) is 124 cm³/mol. The first-order chi connectivity index (χ1) is 14.7. The average Bonchev–Trinajstić information content (AvgIpc) is 3.41. The normalized spacial score (nSPS) is 12.6. The third kappa shape index (κ3) is 1.85. The van der Waals surface area contributed by atoms with E-state index in [0.29, 0.717) is 0 Å². The van der Waals surface area contributed by atoms with Gasteiger partial charge >= 0.3 is 0 Å². The van der Waals surface area contributed by atoms with Crippen LogP contribution in [0.5, 0.6) is 0 Å². The maximum Gasteiger partial charge on any atom is 0.137 e. The molecule has 30 heavy (non-hydrogen) atoms. The summed E-state index contributed by atoms with van der Waals surface area (Å²) in [6, 6.07) is 25.5. The summed E-state index contributed by atoms with van der Waals surface area (Å²) >= 11 is 0. The van der Waals surface area contributed by atoms with E-state index in [4.69, 9.17) is 8.83 Å². The Morgan fingerprint density at radius 3 is 1.47 bits per heavy atom. The molecule has 144 valence electrons. The van der Waals surface area contributed by atoms with Gasteiger partial charge in [-0.1, -0.05) is 36.4 Å². The fourth-order valence-corrected chi connectivity index (χ4v) is 5.16. The summed E-state index contributed by atoms with van der Waals surface area (Å²) < 4.78 is 14.9. The fourth-order valence-electron chi connectivity index (χ4n) is 5.16. The van der Waals surface area contributed by atoms with Crippen LogP contribution in [0, 0.1) is 0 Å². The van der Waals surface area contributed by atoms with E-state index in [1.54, 1.807) is 0 Å². The van der Waals surface area contributed by atoms with Crippen LogP contribution in [0.1, 0.15) is 19.9 Å². The fraction of sp³-hybridized carbons (Fsp3) is 0.111. The van der Waals surface area contributed by atoms with E-state index in [-0.39, 0.29) is 6.04 Å². The van der Waals surface area contributed by atoms with Gasteiger partial charge in [0.15, 0.2) is 0 Å². The number of hydrogen-bond acceptors (Lipinski definition) is 2. The van der Waals surface area contributed by atoms with Crippen LogP contribution in [-0.2, 0) is 0 Å². The maximum absolute atomic E-state index is 6.20. The van der Waals surface area contributed by atoms with E-state index in [2.05, 4.69) is 66.9 Å². The van der Waals surface area contributed by atoms with Gasteiger partial charge in [0.1, 0.15) is 22.3 Å². The lowest BCUT2D eigenvalue weighted by Gasteiger charge is -2.13. The zero-order valence-corrected chi connectivity index (χ0v) is 16.8. The summed E-state index contributed by atoms with van der Waals surface area (Å²) in [6.45, 7) is 4.50. The predicted octanol–water partition coefficient (Wildman–Crippen LogP) is 8.17. The zero-order chi connectivity index (χ0) is 20.0. The standard InChI is InChI=1S/C27H19NO2/c1-15(2)28-26-16(11-13-22-24(26)18-7-3-5-9-20(18)29-22)17-12-14-23-25(27(17)28)19-8-4-6-10-21(19)30-23/h3-15H,1-2H3. The lowest BCUT2D eigenvalue weighted by atomic mass is 10.1. The molecule has 0 unspecified atom stereocenters. The Labute approximate surface area is 172 Å². The van der Waals surface area contributed by atoms with Crippen LogP contribution in [-0.4, -0.2) is 4.57 Å². The van der Waals surface area contributed by atoms with Gasteiger partial charge in [0, 0.05) is 27.6 Å². The third-order valence-electron chi connectivity index (χ3n) is 6.32. The summed E-state index contributed by atoms with van der Waals surface area (Å²) in [4.78, 5) is 0. The van der Waals surface area contributed by atoms with E-state index in [1.807, 2.05) is 24.3 Å². The second-order valence-electron chi connectivity index (χ2n) is 8.33. The van der Waals surface area contributed by atoms with E-state index in [1.165, 1.54) is 32.6 Å². The van der Waals surface area contributed by atoms with Crippen LogP contribution >= 0.6 is 0 Å². The summed E-state index contributed by atoms with van der Waals surface area (Å²) in [5.41, 5.74) is 6.20. The van der Waals surface area contributed by atoms with Gasteiger partial charge in [-0.15, -0.1) is 0 Å². The van der Waals surface area contributed by atoms with Gasteiger partial charge in [-0.05, 0) is 50.2 Å². The van der Waals surface area contributed by atoms with Crippen LogP contribution in [0.2, 0.25) is 0 Å². The quantitative estimate of drug-likeness (QED) is 0.283. The molecule has 3 aromatic heterocycles. The second-order valence-corrected chi connectivity index (χ2v) is 8.33. The molecular weight excluding hydrogens is 370 g/mol. The molecule has 0 saturated carbocycles. The van der Waals surface area contributed by atoms with E-state index in [0.717, 1.165) is 33.1 Å². The minimum Gasteiger partial charge on any atom is -0.456 e. The lowest BCUT2D eigenvalue weighted by molar-refractivity contribution is 0.643. The Morgan fingerprint density at radius 2 is 1.00 bits per heavy atom. The van der Waals surface area contributed by atoms with Gasteiger partial charge in [0.25, 0.3) is 0 Å². The minimum atomic E-state index is 0.281. The van der Waals surface area contributed by atoms with Crippen molar-refractivity contribution in [2.45, 2.75) is 19.9 Å². The second kappa shape index (κ2) is 5.45. The van der Waals surface area contributed by atoms with Crippen molar-refractivity contribution in [3.63, 3.8) is 0 Å². The number of para-hydroxylation sites is 2. The Morgan fingerprint density at radius 1 is 0.533 bits per heavy atom. The highest BCUT2D eigenvalue weighted by atomic mass is 16.3. The van der Waals surface area contributed by atoms with Crippen molar-refractivity contribution in [2.75, 3.05) is 0 Å². The molecule has 0 spiro atoms. The molecule has 0 amide bonds. The highest BCUT2D eigenvalue weighted by Crippen LogP contribution is 2.44.